The lowest BCUT2D eigenvalue weighted by Gasteiger charge is -2.21. The minimum Gasteiger partial charge on any atom is -0.469 e. The zero-order valence-corrected chi connectivity index (χ0v) is 11.8. The van der Waals surface area contributed by atoms with Crippen molar-refractivity contribution in [2.24, 2.45) is 0 Å². The highest BCUT2D eigenvalue weighted by molar-refractivity contribution is 7.92. The van der Waals surface area contributed by atoms with Crippen molar-refractivity contribution in [3.8, 4) is 0 Å². The van der Waals surface area contributed by atoms with E-state index in [0.29, 0.717) is 0 Å². The number of rotatable bonds is 8. The molecule has 0 radical (unpaired) electrons. The van der Waals surface area contributed by atoms with Crippen molar-refractivity contribution in [2.45, 2.75) is 44.9 Å². The first-order valence-electron chi connectivity index (χ1n) is 5.87. The summed E-state index contributed by atoms with van der Waals surface area (Å²) in [5.41, 5.74) is 0. The first-order chi connectivity index (χ1) is 7.85. The van der Waals surface area contributed by atoms with Gasteiger partial charge in [-0.1, -0.05) is 6.92 Å². The lowest BCUT2D eigenvalue weighted by atomic mass is 10.2. The maximum Gasteiger partial charge on any atom is 0.306 e. The molecule has 102 valence electrons. The van der Waals surface area contributed by atoms with Crippen LogP contribution < -0.4 is 5.32 Å². The summed E-state index contributed by atoms with van der Waals surface area (Å²) in [6.07, 6.45) is 0.878. The van der Waals surface area contributed by atoms with Gasteiger partial charge in [-0.25, -0.2) is 8.42 Å². The molecule has 0 aromatic carbocycles. The Labute approximate surface area is 104 Å². The van der Waals surface area contributed by atoms with Gasteiger partial charge in [0.25, 0.3) is 0 Å². The normalized spacial score (nSPS) is 15.3. The Kier molecular flexibility index (Phi) is 7.38. The molecule has 0 saturated heterocycles. The summed E-state index contributed by atoms with van der Waals surface area (Å²) in [7, 11) is -2.00. The molecule has 0 aliphatic carbocycles. The van der Waals surface area contributed by atoms with E-state index in [4.69, 9.17) is 0 Å². The summed E-state index contributed by atoms with van der Waals surface area (Å²) >= 11 is 0. The molecule has 0 aromatic heterocycles. The van der Waals surface area contributed by atoms with Crippen LogP contribution in [-0.4, -0.2) is 45.1 Å². The SMILES string of the molecule is CCCNC(C)C(C)S(=O)(=O)CCC(=O)OC. The van der Waals surface area contributed by atoms with Crippen molar-refractivity contribution in [3.05, 3.63) is 0 Å². The maximum absolute atomic E-state index is 11.9. The van der Waals surface area contributed by atoms with Crippen molar-refractivity contribution in [3.63, 3.8) is 0 Å². The minimum absolute atomic E-state index is 0.0797. The summed E-state index contributed by atoms with van der Waals surface area (Å²) < 4.78 is 28.2. The Balaban J connectivity index is 4.33. The molecule has 6 heteroatoms. The predicted molar refractivity (Wildman–Crippen MR) is 67.6 cm³/mol. The molecule has 0 aliphatic rings. The van der Waals surface area contributed by atoms with Gasteiger partial charge >= 0.3 is 5.97 Å². The number of methoxy groups -OCH3 is 1. The molecule has 0 heterocycles. The second kappa shape index (κ2) is 7.66. The molecule has 2 atom stereocenters. The van der Waals surface area contributed by atoms with Crippen molar-refractivity contribution in [1.82, 2.24) is 5.32 Å². The maximum atomic E-state index is 11.9. The van der Waals surface area contributed by atoms with E-state index in [-0.39, 0.29) is 18.2 Å². The van der Waals surface area contributed by atoms with Gasteiger partial charge in [0.05, 0.1) is 24.5 Å². The van der Waals surface area contributed by atoms with Gasteiger partial charge in [0, 0.05) is 6.04 Å². The Hall–Kier alpha value is -0.620. The number of hydrogen-bond donors (Lipinski definition) is 1. The average Bonchev–Trinajstić information content (AvgIpc) is 2.31. The molecule has 0 aliphatic heterocycles. The highest BCUT2D eigenvalue weighted by Gasteiger charge is 2.26. The fraction of sp³-hybridized carbons (Fsp3) is 0.909. The van der Waals surface area contributed by atoms with Gasteiger partial charge in [-0.15, -0.1) is 0 Å². The van der Waals surface area contributed by atoms with Gasteiger partial charge in [-0.05, 0) is 26.8 Å². The Morgan fingerprint density at radius 3 is 2.41 bits per heavy atom. The van der Waals surface area contributed by atoms with E-state index >= 15 is 0 Å². The van der Waals surface area contributed by atoms with Gasteiger partial charge in [-0.2, -0.15) is 0 Å². The lowest BCUT2D eigenvalue weighted by molar-refractivity contribution is -0.140. The summed E-state index contributed by atoms with van der Waals surface area (Å²) in [6, 6.07) is -0.113. The van der Waals surface area contributed by atoms with Crippen LogP contribution in [0.3, 0.4) is 0 Å². The van der Waals surface area contributed by atoms with Crippen LogP contribution in [0.25, 0.3) is 0 Å². The molecule has 0 spiro atoms. The smallest absolute Gasteiger partial charge is 0.306 e. The molecule has 0 aromatic rings. The molecule has 2 unspecified atom stereocenters. The quantitative estimate of drug-likeness (QED) is 0.655. The van der Waals surface area contributed by atoms with Crippen LogP contribution in [0.15, 0.2) is 0 Å². The van der Waals surface area contributed by atoms with E-state index in [1.807, 2.05) is 13.8 Å². The third-order valence-corrected chi connectivity index (χ3v) is 5.12. The van der Waals surface area contributed by atoms with Crippen LogP contribution in [0, 0.1) is 0 Å². The van der Waals surface area contributed by atoms with E-state index in [2.05, 4.69) is 10.1 Å². The van der Waals surface area contributed by atoms with Crippen LogP contribution in [-0.2, 0) is 19.4 Å². The third kappa shape index (κ3) is 6.02. The highest BCUT2D eigenvalue weighted by Crippen LogP contribution is 2.09. The molecule has 17 heavy (non-hydrogen) atoms. The van der Waals surface area contributed by atoms with E-state index in [1.165, 1.54) is 7.11 Å². The number of ether oxygens (including phenoxy) is 1. The van der Waals surface area contributed by atoms with E-state index in [1.54, 1.807) is 6.92 Å². The zero-order valence-electron chi connectivity index (χ0n) is 11.0. The number of carbonyl (C=O) groups excluding carboxylic acids is 1. The predicted octanol–water partition coefficient (Wildman–Crippen LogP) is 0.741. The molecule has 5 nitrogen and oxygen atoms in total. The standard InChI is InChI=1S/C11H23NO4S/c1-5-7-12-9(2)10(3)17(14,15)8-6-11(13)16-4/h9-10,12H,5-8H2,1-4H3. The van der Waals surface area contributed by atoms with Gasteiger partial charge < -0.3 is 10.1 Å². The monoisotopic (exact) mass is 265 g/mol. The van der Waals surface area contributed by atoms with Crippen LogP contribution in [0.2, 0.25) is 0 Å². The third-order valence-electron chi connectivity index (χ3n) is 2.81. The van der Waals surface area contributed by atoms with Crippen LogP contribution in [0.1, 0.15) is 33.6 Å². The number of carbonyl (C=O) groups is 1. The molecule has 1 N–H and O–H groups in total. The molecule has 0 amide bonds. The van der Waals surface area contributed by atoms with Gasteiger partial charge in [-0.3, -0.25) is 4.79 Å². The molecular weight excluding hydrogens is 242 g/mol. The van der Waals surface area contributed by atoms with Crippen LogP contribution >= 0.6 is 0 Å². The van der Waals surface area contributed by atoms with Crippen molar-refractivity contribution < 1.29 is 17.9 Å². The highest BCUT2D eigenvalue weighted by atomic mass is 32.2. The van der Waals surface area contributed by atoms with Crippen molar-refractivity contribution >= 4 is 15.8 Å². The van der Waals surface area contributed by atoms with E-state index in [9.17, 15) is 13.2 Å². The fourth-order valence-electron chi connectivity index (χ4n) is 1.36. The Morgan fingerprint density at radius 2 is 1.94 bits per heavy atom. The van der Waals surface area contributed by atoms with Gasteiger partial charge in [0.2, 0.25) is 0 Å². The first-order valence-corrected chi connectivity index (χ1v) is 7.58. The number of sulfone groups is 1. The lowest BCUT2D eigenvalue weighted by Crippen LogP contribution is -2.41. The minimum atomic E-state index is -3.26. The first kappa shape index (κ1) is 16.4. The number of esters is 1. The fourth-order valence-corrected chi connectivity index (χ4v) is 2.90. The Morgan fingerprint density at radius 1 is 1.35 bits per heavy atom. The molecule has 0 bridgehead atoms. The molecule has 0 rings (SSSR count). The topological polar surface area (TPSA) is 72.5 Å². The van der Waals surface area contributed by atoms with Crippen molar-refractivity contribution in [1.29, 1.82) is 0 Å². The summed E-state index contributed by atoms with van der Waals surface area (Å²) in [5.74, 6) is -0.645. The Bertz CT molecular complexity index is 326. The van der Waals surface area contributed by atoms with Gasteiger partial charge in [0.15, 0.2) is 9.84 Å². The zero-order chi connectivity index (χ0) is 13.5. The summed E-state index contributed by atoms with van der Waals surface area (Å²) in [4.78, 5) is 10.9. The molecular formula is C11H23NO4S. The van der Waals surface area contributed by atoms with E-state index < -0.39 is 21.1 Å². The largest absolute Gasteiger partial charge is 0.469 e. The summed E-state index contributed by atoms with van der Waals surface area (Å²) in [6.45, 7) is 6.32. The number of hydrogen-bond acceptors (Lipinski definition) is 5. The van der Waals surface area contributed by atoms with E-state index in [0.717, 1.165) is 13.0 Å². The molecule has 0 saturated carbocycles. The summed E-state index contributed by atoms with van der Waals surface area (Å²) in [5, 5.41) is 2.64. The second-order valence-corrected chi connectivity index (χ2v) is 6.62. The van der Waals surface area contributed by atoms with Crippen LogP contribution in [0.5, 0.6) is 0 Å². The second-order valence-electron chi connectivity index (χ2n) is 4.14. The average molecular weight is 265 g/mol. The van der Waals surface area contributed by atoms with Crippen LogP contribution in [0.4, 0.5) is 0 Å². The molecule has 0 fully saturated rings. The van der Waals surface area contributed by atoms with Crippen molar-refractivity contribution in [2.75, 3.05) is 19.4 Å². The van der Waals surface area contributed by atoms with Gasteiger partial charge in [0.1, 0.15) is 0 Å². The number of nitrogens with one attached hydrogen (secondary N) is 1.